The normalized spacial score (nSPS) is 25.9. The molecule has 3 heterocycles. The van der Waals surface area contributed by atoms with Crippen LogP contribution in [0.15, 0.2) is 91.0 Å². The van der Waals surface area contributed by atoms with Gasteiger partial charge in [-0.2, -0.15) is 0 Å². The zero-order valence-corrected chi connectivity index (χ0v) is 64.5. The first-order valence-corrected chi connectivity index (χ1v) is 37.0. The highest BCUT2D eigenvalue weighted by Crippen LogP contribution is 2.30. The number of fused-ring (bicyclic) bond motifs is 1. The Labute approximate surface area is 615 Å². The number of likely N-dealkylation sites (N-methyl/N-ethyl adjacent to an activating group) is 6. The Kier molecular flexibility index (Phi) is 31.2. The third kappa shape index (κ3) is 22.7. The molecule has 6 rings (SSSR count). The summed E-state index contributed by atoms with van der Waals surface area (Å²) in [5.74, 6) is -11.6. The molecule has 12 atom stereocenters. The van der Waals surface area contributed by atoms with Gasteiger partial charge in [0.05, 0.1) is 43.2 Å². The van der Waals surface area contributed by atoms with Gasteiger partial charge in [-0.25, -0.2) is 0 Å². The van der Waals surface area contributed by atoms with E-state index < -0.39 is 174 Å². The fourth-order valence-corrected chi connectivity index (χ4v) is 14.2. The van der Waals surface area contributed by atoms with Crippen LogP contribution < -0.4 is 16.0 Å². The van der Waals surface area contributed by atoms with Gasteiger partial charge in [-0.1, -0.05) is 139 Å². The second-order valence-corrected chi connectivity index (χ2v) is 31.0. The lowest BCUT2D eigenvalue weighted by Gasteiger charge is -2.39. The van der Waals surface area contributed by atoms with Crippen molar-refractivity contribution >= 4 is 70.8 Å². The lowest BCUT2D eigenvalue weighted by molar-refractivity contribution is -0.154. The Bertz CT molecular complexity index is 3430. The molecule has 3 aromatic rings. The summed E-state index contributed by atoms with van der Waals surface area (Å²) in [5.41, 5.74) is 1.15. The van der Waals surface area contributed by atoms with Crippen molar-refractivity contribution in [3.63, 3.8) is 0 Å². The predicted octanol–water partition coefficient (Wildman–Crippen LogP) is 4.94. The van der Waals surface area contributed by atoms with Crippen LogP contribution in [-0.4, -0.2) is 256 Å². The molecule has 1 unspecified atom stereocenters. The molecule has 3 aliphatic heterocycles. The van der Waals surface area contributed by atoms with Gasteiger partial charge < -0.3 is 65.0 Å². The van der Waals surface area contributed by atoms with E-state index >= 15 is 38.4 Å². The van der Waals surface area contributed by atoms with Crippen molar-refractivity contribution in [2.45, 2.75) is 213 Å². The summed E-state index contributed by atoms with van der Waals surface area (Å²) in [6.45, 7) is 18.7. The van der Waals surface area contributed by atoms with Gasteiger partial charge in [0.15, 0.2) is 5.78 Å². The Morgan fingerprint density at radius 3 is 1.54 bits per heavy atom. The second kappa shape index (κ2) is 38.4. The fraction of sp³-hybridized carbons (Fsp3) is 0.620. The number of ether oxygens (including phenoxy) is 1. The smallest absolute Gasteiger partial charge is 0.248 e. The molecule has 0 aromatic heterocycles. The van der Waals surface area contributed by atoms with Gasteiger partial charge in [-0.3, -0.25) is 57.5 Å². The summed E-state index contributed by atoms with van der Waals surface area (Å²) in [6, 6.07) is 14.9. The lowest BCUT2D eigenvalue weighted by atomic mass is 9.80. The van der Waals surface area contributed by atoms with Crippen LogP contribution in [0.3, 0.4) is 0 Å². The Morgan fingerprint density at radius 2 is 1.02 bits per heavy atom. The lowest BCUT2D eigenvalue weighted by Crippen LogP contribution is -2.61. The van der Waals surface area contributed by atoms with E-state index in [-0.39, 0.29) is 56.9 Å². The molecule has 25 heteroatoms. The van der Waals surface area contributed by atoms with E-state index in [4.69, 9.17) is 4.74 Å². The Hall–Kier alpha value is -8.58. The molecule has 0 saturated carbocycles. The molecule has 0 radical (unpaired) electrons. The zero-order chi connectivity index (χ0) is 77.2. The monoisotopic (exact) mass is 1440 g/mol. The first kappa shape index (κ1) is 84.4. The maximum absolute atomic E-state index is 16.0. The Balaban J connectivity index is 1.53. The van der Waals surface area contributed by atoms with Crippen LogP contribution in [0.1, 0.15) is 144 Å². The summed E-state index contributed by atoms with van der Waals surface area (Å²) in [4.78, 5) is 193. The van der Waals surface area contributed by atoms with Gasteiger partial charge >= 0.3 is 0 Å². The third-order valence-electron chi connectivity index (χ3n) is 20.4. The summed E-state index contributed by atoms with van der Waals surface area (Å²) < 4.78 is 6.24. The number of Topliss-reactive ketones (excluding diaryl/α,β-unsaturated/α-hetero) is 1. The van der Waals surface area contributed by atoms with Crippen LogP contribution in [-0.2, 0) is 81.5 Å². The van der Waals surface area contributed by atoms with Crippen LogP contribution in [0, 0.1) is 29.6 Å². The molecule has 104 heavy (non-hydrogen) atoms. The van der Waals surface area contributed by atoms with Crippen molar-refractivity contribution in [3.8, 4) is 0 Å². The molecule has 4 N–H and O–H groups in total. The van der Waals surface area contributed by atoms with Crippen molar-refractivity contribution in [2.24, 2.45) is 29.6 Å². The highest BCUT2D eigenvalue weighted by atomic mass is 16.5. The first-order valence-electron chi connectivity index (χ1n) is 37.0. The number of piperidine rings is 1. The van der Waals surface area contributed by atoms with Crippen LogP contribution in [0.25, 0.3) is 0 Å². The number of nitrogens with zero attached hydrogens (tertiary/aromatic N) is 8. The Morgan fingerprint density at radius 1 is 0.529 bits per heavy atom. The number of hydrogen-bond acceptors (Lipinski definition) is 14. The summed E-state index contributed by atoms with van der Waals surface area (Å²) in [5, 5.41) is 19.7. The van der Waals surface area contributed by atoms with E-state index in [1.54, 1.807) is 119 Å². The number of nitrogens with one attached hydrogen (secondary N) is 3. The molecule has 11 amide bonds. The minimum atomic E-state index is -1.66. The molecular formula is C79H117N11O14. The van der Waals surface area contributed by atoms with E-state index in [0.29, 0.717) is 49.0 Å². The van der Waals surface area contributed by atoms with Crippen molar-refractivity contribution in [2.75, 3.05) is 75.1 Å². The maximum atomic E-state index is 16.0. The van der Waals surface area contributed by atoms with Crippen LogP contribution in [0.5, 0.6) is 0 Å². The summed E-state index contributed by atoms with van der Waals surface area (Å²) in [6.07, 6.45) is 0.758. The number of amides is 11. The van der Waals surface area contributed by atoms with Gasteiger partial charge in [0, 0.05) is 74.3 Å². The van der Waals surface area contributed by atoms with Gasteiger partial charge in [0.25, 0.3) is 0 Å². The van der Waals surface area contributed by atoms with Gasteiger partial charge in [0.2, 0.25) is 65.0 Å². The van der Waals surface area contributed by atoms with Gasteiger partial charge in [-0.15, -0.1) is 0 Å². The summed E-state index contributed by atoms with van der Waals surface area (Å²) >= 11 is 0. The van der Waals surface area contributed by atoms with Crippen LogP contribution in [0.2, 0.25) is 0 Å². The van der Waals surface area contributed by atoms with Crippen LogP contribution in [0.4, 0.5) is 0 Å². The number of aliphatic hydroxyl groups is 1. The number of ketones is 1. The second-order valence-electron chi connectivity index (χ2n) is 31.0. The quantitative estimate of drug-likeness (QED) is 0.157. The molecule has 0 spiro atoms. The van der Waals surface area contributed by atoms with Crippen molar-refractivity contribution in [3.05, 3.63) is 108 Å². The number of rotatable bonds is 15. The van der Waals surface area contributed by atoms with Crippen LogP contribution >= 0.6 is 0 Å². The number of likely N-dealkylation sites (tertiary alicyclic amines) is 1. The molecule has 572 valence electrons. The fourth-order valence-electron chi connectivity index (χ4n) is 14.2. The van der Waals surface area contributed by atoms with E-state index in [0.717, 1.165) is 16.2 Å². The van der Waals surface area contributed by atoms with E-state index in [2.05, 4.69) is 16.0 Å². The number of carbonyl (C=O) groups is 12. The number of hydrogen-bond donors (Lipinski definition) is 4. The molecule has 3 aromatic carbocycles. The minimum Gasteiger partial charge on any atom is -0.391 e. The molecule has 3 saturated heterocycles. The SMILES string of the molecule is CC(C)C[C@@H]1NC(=O)[C@H](Cc2ccccc2)N(C)C(=O)[C@@H]2CCCN2C(=O)C[C@@H](C(=O)N2CCCCC2)N(C)C(=O)[C@H](Cc2ccccc2)C(C)C(=O)[C@H](Cc2ccccc2)N(C)C(=O)[C@H](COC(C)(C)C)NC(=O)[C@H](C(C)C)N(C)C(=O)CN(C)C(=O)[C@H]([C@@H](C)O)NC(=O)[C@H](CC(C)C)N(C)C1=O. The van der Waals surface area contributed by atoms with E-state index in [1.807, 2.05) is 45.9 Å². The first-order chi connectivity index (χ1) is 48.9. The van der Waals surface area contributed by atoms with Crippen molar-refractivity contribution in [1.82, 2.24) is 55.1 Å². The molecule has 0 bridgehead atoms. The average Bonchev–Trinajstić information content (AvgIpc) is 1.30. The predicted molar refractivity (Wildman–Crippen MR) is 395 cm³/mol. The molecular weight excluding hydrogens is 1330 g/mol. The molecule has 3 aliphatic rings. The highest BCUT2D eigenvalue weighted by Gasteiger charge is 2.47. The molecule has 25 nitrogen and oxygen atoms in total. The van der Waals surface area contributed by atoms with Crippen molar-refractivity contribution < 1.29 is 67.4 Å². The standard InChI is InChI=1S/C79H117N11O14/c1-49(2)41-58-74(99)85(14)62(42-50(3)4)71(96)82-67(53(8)91)78(103)83(12)47-66(93)88(17)68(51(5)6)72(97)81-59(48-104-79(9,10)11)75(100)84(13)61(44-55-33-24-19-25-34-55)69(94)52(7)57(43-54-31-22-18-23-32-54)73(98)87(16)64(77(102)89-38-28-21-29-39-89)46-65(92)90-40-30-37-60(90)76(101)86(15)63(70(95)80-58)45-56-35-26-20-27-36-56/h18-20,22-27,31-36,49-53,57-64,67-68,91H,21,28-30,37-48H2,1-17H3,(H,80,95)(H,81,97)(H,82,96)/t52?,53-,57-,58+,59+,60+,61+,62+,63+,64+,67+,68+/m1/s1. The number of carbonyl (C=O) groups excluding carboxylic acids is 12. The van der Waals surface area contributed by atoms with Gasteiger partial charge in [0.1, 0.15) is 48.3 Å². The topological polar surface area (TPSA) is 296 Å². The zero-order valence-electron chi connectivity index (χ0n) is 64.5. The van der Waals surface area contributed by atoms with E-state index in [9.17, 15) is 24.3 Å². The van der Waals surface area contributed by atoms with E-state index in [1.165, 1.54) is 73.7 Å². The number of benzene rings is 3. The maximum Gasteiger partial charge on any atom is 0.248 e. The molecule has 0 aliphatic carbocycles. The summed E-state index contributed by atoms with van der Waals surface area (Å²) in [7, 11) is 8.43. The minimum absolute atomic E-state index is 0.0116. The van der Waals surface area contributed by atoms with Gasteiger partial charge in [-0.05, 0) is 120 Å². The number of aliphatic hydroxyl groups excluding tert-OH is 1. The third-order valence-corrected chi connectivity index (χ3v) is 20.4. The largest absolute Gasteiger partial charge is 0.391 e. The van der Waals surface area contributed by atoms with Crippen molar-refractivity contribution in [1.29, 1.82) is 0 Å². The molecule has 3 fully saturated rings. The average molecular weight is 1440 g/mol. The highest BCUT2D eigenvalue weighted by molar-refractivity contribution is 6.01.